The monoisotopic (exact) mass is 363 g/mol. The number of nitrogens with zero attached hydrogens (tertiary/aromatic N) is 3. The Morgan fingerprint density at radius 2 is 1.69 bits per heavy atom. The fourth-order valence-electron chi connectivity index (χ4n) is 2.78. The third-order valence-corrected chi connectivity index (χ3v) is 4.54. The number of esters is 1. The fraction of sp³-hybridized carbons (Fsp3) is 0.600. The Kier molecular flexibility index (Phi) is 10.6. The van der Waals surface area contributed by atoms with Crippen molar-refractivity contribution < 1.29 is 14.3 Å². The van der Waals surface area contributed by atoms with Crippen LogP contribution in [0.15, 0.2) is 30.3 Å². The van der Waals surface area contributed by atoms with Crippen LogP contribution in [0.4, 0.5) is 0 Å². The molecule has 1 aromatic rings. The van der Waals surface area contributed by atoms with E-state index >= 15 is 0 Å². The molecule has 26 heavy (non-hydrogen) atoms. The largest absolute Gasteiger partial charge is 0.468 e. The van der Waals surface area contributed by atoms with Crippen LogP contribution in [-0.2, 0) is 20.9 Å². The first-order valence-corrected chi connectivity index (χ1v) is 9.37. The molecule has 6 heteroatoms. The van der Waals surface area contributed by atoms with Gasteiger partial charge in [-0.3, -0.25) is 14.5 Å². The first kappa shape index (κ1) is 22.1. The molecular weight excluding hydrogens is 330 g/mol. The highest BCUT2D eigenvalue weighted by Gasteiger charge is 2.25. The number of piperazine rings is 1. The van der Waals surface area contributed by atoms with Gasteiger partial charge in [-0.15, -0.1) is 0 Å². The quantitative estimate of drug-likeness (QED) is 0.692. The van der Waals surface area contributed by atoms with Gasteiger partial charge in [-0.05, 0) is 25.2 Å². The van der Waals surface area contributed by atoms with Crippen molar-refractivity contribution in [2.24, 2.45) is 0 Å². The van der Waals surface area contributed by atoms with Crippen LogP contribution < -0.4 is 0 Å². The van der Waals surface area contributed by atoms with Gasteiger partial charge in [0.25, 0.3) is 0 Å². The van der Waals surface area contributed by atoms with Crippen LogP contribution in [0.25, 0.3) is 0 Å². The molecule has 1 aliphatic heterocycles. The Hall–Kier alpha value is -1.92. The van der Waals surface area contributed by atoms with Gasteiger partial charge in [0.15, 0.2) is 0 Å². The van der Waals surface area contributed by atoms with E-state index in [1.165, 1.54) is 26.7 Å². The molecule has 146 valence electrons. The van der Waals surface area contributed by atoms with Gasteiger partial charge in [-0.25, -0.2) is 0 Å². The topological polar surface area (TPSA) is 53.1 Å². The number of hydrogen-bond donors (Lipinski definition) is 0. The highest BCUT2D eigenvalue weighted by atomic mass is 16.5. The molecule has 1 heterocycles. The summed E-state index contributed by atoms with van der Waals surface area (Å²) in [6.07, 6.45) is 0. The Bertz CT molecular complexity index is 527. The second kappa shape index (κ2) is 12.4. The number of carbonyl (C=O) groups is 2. The van der Waals surface area contributed by atoms with E-state index in [4.69, 9.17) is 0 Å². The summed E-state index contributed by atoms with van der Waals surface area (Å²) in [4.78, 5) is 29.2. The second-order valence-corrected chi connectivity index (χ2v) is 6.21. The van der Waals surface area contributed by atoms with E-state index in [0.29, 0.717) is 19.6 Å². The molecule has 0 spiro atoms. The van der Waals surface area contributed by atoms with Crippen molar-refractivity contribution in [2.75, 3.05) is 52.9 Å². The van der Waals surface area contributed by atoms with Gasteiger partial charge in [-0.2, -0.15) is 0 Å². The summed E-state index contributed by atoms with van der Waals surface area (Å²) in [6.45, 7) is 12.6. The van der Waals surface area contributed by atoms with Crippen molar-refractivity contribution in [3.05, 3.63) is 35.9 Å². The zero-order chi connectivity index (χ0) is 19.4. The molecule has 6 nitrogen and oxygen atoms in total. The average Bonchev–Trinajstić information content (AvgIpc) is 2.66. The van der Waals surface area contributed by atoms with Crippen molar-refractivity contribution >= 4 is 11.9 Å². The van der Waals surface area contributed by atoms with E-state index < -0.39 is 0 Å². The third kappa shape index (κ3) is 7.97. The minimum Gasteiger partial charge on any atom is -0.468 e. The molecular formula is C20H33N3O3. The number of hydrogen-bond acceptors (Lipinski definition) is 5. The lowest BCUT2D eigenvalue weighted by molar-refractivity contribution is -0.145. The predicted octanol–water partition coefficient (Wildman–Crippen LogP) is 1.85. The van der Waals surface area contributed by atoms with Gasteiger partial charge in [0, 0.05) is 19.6 Å². The molecule has 1 aliphatic rings. The number of amides is 1. The summed E-state index contributed by atoms with van der Waals surface area (Å²) in [7, 11) is 1.36. The van der Waals surface area contributed by atoms with Gasteiger partial charge >= 0.3 is 5.97 Å². The molecule has 1 aromatic carbocycles. The van der Waals surface area contributed by atoms with Crippen LogP contribution in [0.5, 0.6) is 0 Å². The van der Waals surface area contributed by atoms with Crippen molar-refractivity contribution in [2.45, 2.75) is 27.3 Å². The van der Waals surface area contributed by atoms with E-state index in [1.54, 1.807) is 0 Å². The maximum Gasteiger partial charge on any atom is 0.319 e. The maximum atomic E-state index is 12.0. The standard InChI is InChI=1S/C14H18N2O3.C6H15N/c1-19-14(18)11-15-7-8-16(13(17)10-15)9-12-5-3-2-4-6-12;1-4-7(5-2)6-3/h2-6H,7-11H2,1H3;4-6H2,1-3H3. The molecule has 0 N–H and O–H groups in total. The molecule has 0 aromatic heterocycles. The molecule has 0 unspecified atom stereocenters. The lowest BCUT2D eigenvalue weighted by atomic mass is 10.2. The zero-order valence-corrected chi connectivity index (χ0v) is 16.6. The van der Waals surface area contributed by atoms with E-state index in [9.17, 15) is 9.59 Å². The minimum atomic E-state index is -0.302. The molecule has 2 rings (SSSR count). The maximum absolute atomic E-state index is 12.0. The Morgan fingerprint density at radius 1 is 1.08 bits per heavy atom. The summed E-state index contributed by atoms with van der Waals surface area (Å²) in [6, 6.07) is 9.91. The van der Waals surface area contributed by atoms with E-state index in [1.807, 2.05) is 40.1 Å². The summed E-state index contributed by atoms with van der Waals surface area (Å²) in [5.41, 5.74) is 1.12. The molecule has 0 radical (unpaired) electrons. The fourth-order valence-corrected chi connectivity index (χ4v) is 2.78. The number of carbonyl (C=O) groups excluding carboxylic acids is 2. The van der Waals surface area contributed by atoms with E-state index in [0.717, 1.165) is 5.56 Å². The van der Waals surface area contributed by atoms with Gasteiger partial charge in [-0.1, -0.05) is 51.1 Å². The summed E-state index contributed by atoms with van der Waals surface area (Å²) >= 11 is 0. The van der Waals surface area contributed by atoms with Crippen molar-refractivity contribution in [1.29, 1.82) is 0 Å². The van der Waals surface area contributed by atoms with E-state index in [2.05, 4.69) is 30.4 Å². The van der Waals surface area contributed by atoms with Crippen LogP contribution in [-0.4, -0.2) is 79.5 Å². The zero-order valence-electron chi connectivity index (χ0n) is 16.6. The smallest absolute Gasteiger partial charge is 0.319 e. The first-order chi connectivity index (χ1) is 12.5. The van der Waals surface area contributed by atoms with Crippen LogP contribution in [0.2, 0.25) is 0 Å². The third-order valence-electron chi connectivity index (χ3n) is 4.54. The van der Waals surface area contributed by atoms with Gasteiger partial charge in [0.2, 0.25) is 5.91 Å². The Labute approximate surface area is 157 Å². The molecule has 1 fully saturated rings. The van der Waals surface area contributed by atoms with Crippen LogP contribution in [0.3, 0.4) is 0 Å². The van der Waals surface area contributed by atoms with Crippen LogP contribution in [0.1, 0.15) is 26.3 Å². The SMILES string of the molecule is CCN(CC)CC.COC(=O)CN1CCN(Cc2ccccc2)C(=O)C1. The highest BCUT2D eigenvalue weighted by molar-refractivity contribution is 5.80. The number of ether oxygens (including phenoxy) is 1. The Morgan fingerprint density at radius 3 is 2.15 bits per heavy atom. The average molecular weight is 364 g/mol. The first-order valence-electron chi connectivity index (χ1n) is 9.37. The molecule has 1 amide bonds. The molecule has 0 saturated carbocycles. The van der Waals surface area contributed by atoms with Gasteiger partial charge in [0.05, 0.1) is 20.2 Å². The van der Waals surface area contributed by atoms with Gasteiger partial charge < -0.3 is 14.5 Å². The number of methoxy groups -OCH3 is 1. The summed E-state index contributed by atoms with van der Waals surface area (Å²) < 4.78 is 4.61. The number of benzene rings is 1. The van der Waals surface area contributed by atoms with Crippen molar-refractivity contribution in [1.82, 2.24) is 14.7 Å². The van der Waals surface area contributed by atoms with Crippen molar-refractivity contribution in [3.8, 4) is 0 Å². The lowest BCUT2D eigenvalue weighted by Crippen LogP contribution is -2.51. The van der Waals surface area contributed by atoms with Crippen LogP contribution in [0, 0.1) is 0 Å². The lowest BCUT2D eigenvalue weighted by Gasteiger charge is -2.33. The normalized spacial score (nSPS) is 14.8. The minimum absolute atomic E-state index is 0.0546. The molecule has 1 saturated heterocycles. The summed E-state index contributed by atoms with van der Waals surface area (Å²) in [5, 5.41) is 0. The Balaban J connectivity index is 0.000000412. The second-order valence-electron chi connectivity index (χ2n) is 6.21. The molecule has 0 bridgehead atoms. The summed E-state index contributed by atoms with van der Waals surface area (Å²) in [5.74, 6) is -0.247. The highest BCUT2D eigenvalue weighted by Crippen LogP contribution is 2.09. The predicted molar refractivity (Wildman–Crippen MR) is 104 cm³/mol. The van der Waals surface area contributed by atoms with Crippen LogP contribution >= 0.6 is 0 Å². The number of rotatable bonds is 7. The molecule has 0 atom stereocenters. The van der Waals surface area contributed by atoms with Crippen molar-refractivity contribution in [3.63, 3.8) is 0 Å². The molecule has 0 aliphatic carbocycles. The van der Waals surface area contributed by atoms with E-state index in [-0.39, 0.29) is 25.0 Å². The van der Waals surface area contributed by atoms with Gasteiger partial charge in [0.1, 0.15) is 0 Å².